The zero-order chi connectivity index (χ0) is 35.7. The highest BCUT2D eigenvalue weighted by molar-refractivity contribution is 6.05. The van der Waals surface area contributed by atoms with Gasteiger partial charge >= 0.3 is 0 Å². The van der Waals surface area contributed by atoms with E-state index in [0.29, 0.717) is 23.4 Å². The van der Waals surface area contributed by atoms with E-state index in [9.17, 15) is 0 Å². The summed E-state index contributed by atoms with van der Waals surface area (Å²) in [6.07, 6.45) is 8.47. The molecular formula is C48H37N5. The van der Waals surface area contributed by atoms with Crippen LogP contribution in [-0.2, 0) is 6.42 Å². The minimum Gasteiger partial charge on any atom is -0.245 e. The lowest BCUT2D eigenvalue weighted by Gasteiger charge is -2.13. The Morgan fingerprint density at radius 1 is 0.509 bits per heavy atom. The van der Waals surface area contributed by atoms with Crippen molar-refractivity contribution in [3.8, 4) is 56.4 Å². The molecule has 1 atom stereocenters. The zero-order valence-electron chi connectivity index (χ0n) is 29.7. The fraction of sp³-hybridized carbons (Fsp3) is 0.104. The number of nitrogens with zero attached hydrogens (tertiary/aromatic N) is 5. The maximum atomic E-state index is 5.22. The predicted molar refractivity (Wildman–Crippen MR) is 218 cm³/mol. The molecule has 0 saturated carbocycles. The average molecular weight is 684 g/mol. The van der Waals surface area contributed by atoms with Crippen LogP contribution in [0.1, 0.15) is 31.7 Å². The number of hydrogen-bond donors (Lipinski definition) is 0. The van der Waals surface area contributed by atoms with Gasteiger partial charge in [0.15, 0.2) is 17.5 Å². The van der Waals surface area contributed by atoms with E-state index in [0.717, 1.165) is 85.0 Å². The first-order valence-electron chi connectivity index (χ1n) is 18.3. The summed E-state index contributed by atoms with van der Waals surface area (Å²) in [6, 6.07) is 48.4. The quantitative estimate of drug-likeness (QED) is 0.156. The fourth-order valence-electron chi connectivity index (χ4n) is 7.04. The van der Waals surface area contributed by atoms with Crippen molar-refractivity contribution < 1.29 is 0 Å². The molecule has 1 unspecified atom stereocenters. The molecule has 9 rings (SSSR count). The largest absolute Gasteiger partial charge is 0.245 e. The topological polar surface area (TPSA) is 64.5 Å². The smallest absolute Gasteiger partial charge is 0.164 e. The molecule has 0 N–H and O–H groups in total. The van der Waals surface area contributed by atoms with Crippen molar-refractivity contribution in [3.63, 3.8) is 0 Å². The van der Waals surface area contributed by atoms with Gasteiger partial charge in [-0.25, -0.2) is 24.9 Å². The monoisotopic (exact) mass is 683 g/mol. The lowest BCUT2D eigenvalue weighted by molar-refractivity contribution is 0.738. The van der Waals surface area contributed by atoms with Crippen LogP contribution in [0.5, 0.6) is 0 Å². The molecule has 0 saturated heterocycles. The SMILES string of the molecule is CCc1cc(-c2ccccc2)nc2c1ccc1ccc(-c3ccc(-c4ccc(-c5nc(C6=CCC(C)C=C6)nc(-c6ccccc6)n5)cc4)cc3)nc12. The number of aryl methyl sites for hydroxylation is 1. The van der Waals surface area contributed by atoms with Crippen molar-refractivity contribution in [1.29, 1.82) is 0 Å². The van der Waals surface area contributed by atoms with Crippen LogP contribution in [0, 0.1) is 5.92 Å². The lowest BCUT2D eigenvalue weighted by Crippen LogP contribution is -2.04. The van der Waals surface area contributed by atoms with Crippen molar-refractivity contribution in [2.45, 2.75) is 26.7 Å². The van der Waals surface area contributed by atoms with Gasteiger partial charge in [0.25, 0.3) is 0 Å². The van der Waals surface area contributed by atoms with Gasteiger partial charge in [0.05, 0.1) is 22.4 Å². The highest BCUT2D eigenvalue weighted by Crippen LogP contribution is 2.33. The molecule has 53 heavy (non-hydrogen) atoms. The molecule has 0 radical (unpaired) electrons. The number of allylic oxidation sites excluding steroid dienone is 4. The Kier molecular flexibility index (Phi) is 8.45. The summed E-state index contributed by atoms with van der Waals surface area (Å²) in [7, 11) is 0. The minimum absolute atomic E-state index is 0.513. The number of hydrogen-bond acceptors (Lipinski definition) is 5. The Hall–Kier alpha value is -6.59. The Balaban J connectivity index is 1.03. The first kappa shape index (κ1) is 32.3. The van der Waals surface area contributed by atoms with E-state index in [1.165, 1.54) is 5.56 Å². The summed E-state index contributed by atoms with van der Waals surface area (Å²) < 4.78 is 0. The highest BCUT2D eigenvalue weighted by Gasteiger charge is 2.16. The van der Waals surface area contributed by atoms with E-state index in [-0.39, 0.29) is 0 Å². The first-order chi connectivity index (χ1) is 26.1. The van der Waals surface area contributed by atoms with Crippen LogP contribution in [-0.4, -0.2) is 24.9 Å². The molecule has 5 aromatic carbocycles. The van der Waals surface area contributed by atoms with Crippen LogP contribution in [0.25, 0.3) is 83.8 Å². The third kappa shape index (κ3) is 6.42. The minimum atomic E-state index is 0.513. The predicted octanol–water partition coefficient (Wildman–Crippen LogP) is 11.8. The normalized spacial score (nSPS) is 14.1. The second-order valence-electron chi connectivity index (χ2n) is 13.7. The molecule has 3 heterocycles. The maximum Gasteiger partial charge on any atom is 0.164 e. The summed E-state index contributed by atoms with van der Waals surface area (Å²) in [5.74, 6) is 2.55. The van der Waals surface area contributed by atoms with Crippen LogP contribution in [0.2, 0.25) is 0 Å². The second-order valence-corrected chi connectivity index (χ2v) is 13.7. The molecule has 5 heteroatoms. The average Bonchev–Trinajstić information content (AvgIpc) is 3.24. The summed E-state index contributed by atoms with van der Waals surface area (Å²) >= 11 is 0. The first-order valence-corrected chi connectivity index (χ1v) is 18.3. The van der Waals surface area contributed by atoms with Gasteiger partial charge in [-0.3, -0.25) is 0 Å². The molecule has 0 fully saturated rings. The summed E-state index contributed by atoms with van der Waals surface area (Å²) in [5.41, 5.74) is 12.4. The van der Waals surface area contributed by atoms with Crippen molar-refractivity contribution in [1.82, 2.24) is 24.9 Å². The summed E-state index contributed by atoms with van der Waals surface area (Å²) in [6.45, 7) is 4.42. The Morgan fingerprint density at radius 3 is 1.70 bits per heavy atom. The Labute approximate surface area is 309 Å². The molecular weight excluding hydrogens is 647 g/mol. The van der Waals surface area contributed by atoms with E-state index < -0.39 is 0 Å². The standard InChI is InChI=1S/C48H37N5/c1-3-32-30-43(35-10-6-4-7-11-35)50-45-41(32)28-26-37-27-29-42(49-44(37)45)36-22-18-33(19-23-36)34-20-24-40(25-21-34)48-52-46(38-12-8-5-9-13-38)51-47(53-48)39-16-14-31(2)15-17-39/h4-14,16-31H,3,15H2,1-2H3. The molecule has 0 bridgehead atoms. The van der Waals surface area contributed by atoms with Crippen LogP contribution in [0.3, 0.4) is 0 Å². The fourth-order valence-corrected chi connectivity index (χ4v) is 7.04. The maximum absolute atomic E-state index is 5.22. The van der Waals surface area contributed by atoms with Crippen LogP contribution in [0.15, 0.2) is 158 Å². The van der Waals surface area contributed by atoms with Gasteiger partial charge in [-0.05, 0) is 47.6 Å². The third-order valence-corrected chi connectivity index (χ3v) is 10.1. The number of benzene rings is 5. The molecule has 0 spiro atoms. The van der Waals surface area contributed by atoms with Gasteiger partial charge in [0.1, 0.15) is 0 Å². The van der Waals surface area contributed by atoms with E-state index in [1.54, 1.807) is 0 Å². The molecule has 0 aliphatic heterocycles. The van der Waals surface area contributed by atoms with Crippen LogP contribution >= 0.6 is 0 Å². The number of rotatable bonds is 7. The number of fused-ring (bicyclic) bond motifs is 3. The van der Waals surface area contributed by atoms with Crippen molar-refractivity contribution in [2.24, 2.45) is 5.92 Å². The van der Waals surface area contributed by atoms with E-state index in [1.807, 2.05) is 36.4 Å². The van der Waals surface area contributed by atoms with Crippen molar-refractivity contribution in [2.75, 3.05) is 0 Å². The molecule has 1 aliphatic rings. The molecule has 1 aliphatic carbocycles. The van der Waals surface area contributed by atoms with Crippen LogP contribution in [0.4, 0.5) is 0 Å². The molecule has 8 aromatic rings. The number of pyridine rings is 2. The zero-order valence-corrected chi connectivity index (χ0v) is 29.7. The van der Waals surface area contributed by atoms with Crippen molar-refractivity contribution in [3.05, 3.63) is 169 Å². The van der Waals surface area contributed by atoms with Gasteiger partial charge < -0.3 is 0 Å². The molecule has 254 valence electrons. The second kappa shape index (κ2) is 13.9. The molecule has 0 amide bonds. The van der Waals surface area contributed by atoms with E-state index in [2.05, 4.69) is 135 Å². The van der Waals surface area contributed by atoms with Crippen LogP contribution < -0.4 is 0 Å². The summed E-state index contributed by atoms with van der Waals surface area (Å²) in [4.78, 5) is 25.1. The van der Waals surface area contributed by atoms with Crippen molar-refractivity contribution >= 4 is 27.4 Å². The van der Waals surface area contributed by atoms with Gasteiger partial charge in [0, 0.05) is 38.6 Å². The van der Waals surface area contributed by atoms with Gasteiger partial charge in [-0.1, -0.05) is 159 Å². The Bertz CT molecular complexity index is 2660. The van der Waals surface area contributed by atoms with Gasteiger partial charge in [0.2, 0.25) is 0 Å². The van der Waals surface area contributed by atoms with Gasteiger partial charge in [-0.15, -0.1) is 0 Å². The molecule has 5 nitrogen and oxygen atoms in total. The highest BCUT2D eigenvalue weighted by atomic mass is 15.0. The number of aromatic nitrogens is 5. The molecule has 3 aromatic heterocycles. The third-order valence-electron chi connectivity index (χ3n) is 10.1. The van der Waals surface area contributed by atoms with Gasteiger partial charge in [-0.2, -0.15) is 0 Å². The van der Waals surface area contributed by atoms with E-state index in [4.69, 9.17) is 24.9 Å². The van der Waals surface area contributed by atoms with E-state index >= 15 is 0 Å². The summed E-state index contributed by atoms with van der Waals surface area (Å²) in [5, 5.41) is 2.24. The Morgan fingerprint density at radius 2 is 1.06 bits per heavy atom. The lowest BCUT2D eigenvalue weighted by atomic mass is 9.98.